The van der Waals surface area contributed by atoms with Gasteiger partial charge < -0.3 is 20.2 Å². The molecule has 1 atom stereocenters. The van der Waals surface area contributed by atoms with Gasteiger partial charge in [0, 0.05) is 12.4 Å². The molecule has 6 nitrogen and oxygen atoms in total. The Balaban J connectivity index is 3.98. The van der Waals surface area contributed by atoms with Crippen molar-refractivity contribution in [2.24, 2.45) is 0 Å². The molecule has 0 radical (unpaired) electrons. The first-order valence-corrected chi connectivity index (χ1v) is 7.62. The van der Waals surface area contributed by atoms with Crippen LogP contribution in [0.15, 0.2) is 11.9 Å². The molecule has 0 unspecified atom stereocenters. The topological polar surface area (TPSA) is 107 Å². The van der Waals surface area contributed by atoms with Gasteiger partial charge in [0.1, 0.15) is 6.04 Å². The molecular weight excluding hydrogens is 253 g/mol. The second-order valence-corrected chi connectivity index (χ2v) is 5.52. The third kappa shape index (κ3) is 8.94. The summed E-state index contributed by atoms with van der Waals surface area (Å²) in [6.07, 6.45) is 3.59. The van der Waals surface area contributed by atoms with Crippen LogP contribution < -0.4 is 5.32 Å². The lowest BCUT2D eigenvalue weighted by Gasteiger charge is -2.11. The predicted octanol–water partition coefficient (Wildman–Crippen LogP) is 0.474. The summed E-state index contributed by atoms with van der Waals surface area (Å²) in [5.74, 6) is 0.512. The molecule has 8 heteroatoms. The monoisotopic (exact) mass is 269 g/mol. The normalized spacial score (nSPS) is 14.2. The summed E-state index contributed by atoms with van der Waals surface area (Å²) in [4.78, 5) is 27.8. The summed E-state index contributed by atoms with van der Waals surface area (Å²) in [5, 5.41) is 11.5. The second kappa shape index (κ2) is 7.86. The van der Waals surface area contributed by atoms with Crippen molar-refractivity contribution in [2.45, 2.75) is 12.5 Å². The molecule has 0 aliphatic rings. The van der Waals surface area contributed by atoms with E-state index in [1.165, 1.54) is 6.08 Å². The van der Waals surface area contributed by atoms with E-state index < -0.39 is 19.6 Å². The molecule has 0 saturated carbocycles. The number of hydrogen-bond donors (Lipinski definition) is 4. The van der Waals surface area contributed by atoms with Crippen LogP contribution in [0.4, 0.5) is 0 Å². The lowest BCUT2D eigenvalue weighted by Crippen LogP contribution is -2.37. The molecule has 0 saturated heterocycles. The Morgan fingerprint density at radius 1 is 1.56 bits per heavy atom. The fourth-order valence-corrected chi connectivity index (χ4v) is 1.80. The molecule has 0 aliphatic carbocycles. The maximum atomic E-state index is 10.7. The van der Waals surface area contributed by atoms with Gasteiger partial charge in [-0.15, -0.1) is 0 Å². The summed E-state index contributed by atoms with van der Waals surface area (Å²) in [6.45, 7) is 0.121. The van der Waals surface area contributed by atoms with Crippen molar-refractivity contribution in [3.8, 4) is 0 Å². The quantitative estimate of drug-likeness (QED) is 0.474. The number of hydrogen-bond acceptors (Lipinski definition) is 4. The number of nitrogens with one attached hydrogen (secondary N) is 1. The number of carboxylic acids is 1. The highest BCUT2D eigenvalue weighted by Gasteiger charge is 2.15. The lowest BCUT2D eigenvalue weighted by molar-refractivity contribution is -0.139. The molecule has 94 valence electrons. The van der Waals surface area contributed by atoms with Gasteiger partial charge in [-0.3, -0.25) is 9.36 Å². The van der Waals surface area contributed by atoms with E-state index in [9.17, 15) is 9.36 Å². The van der Waals surface area contributed by atoms with Gasteiger partial charge in [-0.1, -0.05) is 6.08 Å². The van der Waals surface area contributed by atoms with Crippen molar-refractivity contribution in [3.05, 3.63) is 11.9 Å². The zero-order valence-corrected chi connectivity index (χ0v) is 10.6. The van der Waals surface area contributed by atoms with E-state index in [0.29, 0.717) is 12.2 Å². The molecule has 0 aromatic carbocycles. The highest BCUT2D eigenvalue weighted by Crippen LogP contribution is 2.35. The second-order valence-electron chi connectivity index (χ2n) is 3.05. The van der Waals surface area contributed by atoms with Crippen molar-refractivity contribution in [2.75, 3.05) is 18.6 Å². The maximum absolute atomic E-state index is 10.7. The first-order chi connectivity index (χ1) is 7.37. The van der Waals surface area contributed by atoms with Crippen LogP contribution in [0.1, 0.15) is 6.42 Å². The average molecular weight is 269 g/mol. The Kier molecular flexibility index (Phi) is 7.70. The van der Waals surface area contributed by atoms with Crippen molar-refractivity contribution in [3.63, 3.8) is 0 Å². The van der Waals surface area contributed by atoms with Crippen molar-refractivity contribution in [1.29, 1.82) is 0 Å². The molecule has 0 rings (SSSR count). The standard InChI is InChI=1S/C8H16NO5PS/c1-16-6-3-7(8(10)11)9-4-2-5-15(12,13)14/h2,5,7,9H,3-4,6H2,1H3,(H,10,11)(H2,12,13,14)/t7-/m0/s1. The van der Waals surface area contributed by atoms with Gasteiger partial charge in [0.15, 0.2) is 0 Å². The molecule has 0 heterocycles. The van der Waals surface area contributed by atoms with Gasteiger partial charge in [-0.05, 0) is 18.4 Å². The molecular formula is C8H16NO5PS. The van der Waals surface area contributed by atoms with Crippen molar-refractivity contribution < 1.29 is 24.3 Å². The molecule has 0 spiro atoms. The summed E-state index contributed by atoms with van der Waals surface area (Å²) in [5.41, 5.74) is 0. The van der Waals surface area contributed by atoms with Crippen LogP contribution in [0.3, 0.4) is 0 Å². The first-order valence-electron chi connectivity index (χ1n) is 4.55. The minimum atomic E-state index is -4.14. The molecule has 0 bridgehead atoms. The fourth-order valence-electron chi connectivity index (χ4n) is 0.949. The van der Waals surface area contributed by atoms with Crippen LogP contribution in [-0.4, -0.2) is 45.5 Å². The minimum absolute atomic E-state index is 0.121. The van der Waals surface area contributed by atoms with E-state index in [1.54, 1.807) is 11.8 Å². The molecule has 0 amide bonds. The van der Waals surface area contributed by atoms with Crippen LogP contribution in [0, 0.1) is 0 Å². The van der Waals surface area contributed by atoms with E-state index in [4.69, 9.17) is 14.9 Å². The van der Waals surface area contributed by atoms with Crippen LogP contribution in [0.2, 0.25) is 0 Å². The summed E-state index contributed by atoms with van der Waals surface area (Å²) in [7, 11) is -4.14. The minimum Gasteiger partial charge on any atom is -0.480 e. The number of carbonyl (C=O) groups is 1. The van der Waals surface area contributed by atoms with Crippen LogP contribution in [-0.2, 0) is 9.36 Å². The number of aliphatic carboxylic acids is 1. The van der Waals surface area contributed by atoms with Crippen LogP contribution >= 0.6 is 19.4 Å². The van der Waals surface area contributed by atoms with Gasteiger partial charge in [-0.2, -0.15) is 11.8 Å². The Morgan fingerprint density at radius 3 is 2.62 bits per heavy atom. The van der Waals surface area contributed by atoms with Gasteiger partial charge in [-0.25, -0.2) is 0 Å². The van der Waals surface area contributed by atoms with E-state index in [0.717, 1.165) is 5.82 Å². The van der Waals surface area contributed by atoms with E-state index in [-0.39, 0.29) is 6.54 Å². The lowest BCUT2D eigenvalue weighted by atomic mass is 10.2. The van der Waals surface area contributed by atoms with Crippen molar-refractivity contribution >= 4 is 25.3 Å². The van der Waals surface area contributed by atoms with Gasteiger partial charge >= 0.3 is 13.6 Å². The number of thioether (sulfide) groups is 1. The predicted molar refractivity (Wildman–Crippen MR) is 63.6 cm³/mol. The van der Waals surface area contributed by atoms with Crippen LogP contribution in [0.5, 0.6) is 0 Å². The van der Waals surface area contributed by atoms with Gasteiger partial charge in [0.25, 0.3) is 0 Å². The Bertz CT molecular complexity index is 290. The zero-order valence-electron chi connectivity index (χ0n) is 8.87. The van der Waals surface area contributed by atoms with Crippen molar-refractivity contribution in [1.82, 2.24) is 5.32 Å². The van der Waals surface area contributed by atoms with E-state index >= 15 is 0 Å². The van der Waals surface area contributed by atoms with Gasteiger partial charge in [0.05, 0.1) is 0 Å². The molecule has 0 aliphatic heterocycles. The van der Waals surface area contributed by atoms with Gasteiger partial charge in [0.2, 0.25) is 0 Å². The summed E-state index contributed by atoms with van der Waals surface area (Å²) >= 11 is 1.54. The molecule has 0 fully saturated rings. The molecule has 0 aromatic rings. The fraction of sp³-hybridized carbons (Fsp3) is 0.625. The molecule has 16 heavy (non-hydrogen) atoms. The zero-order chi connectivity index (χ0) is 12.6. The summed E-state index contributed by atoms with van der Waals surface area (Å²) in [6, 6.07) is -0.686. The van der Waals surface area contributed by atoms with E-state index in [2.05, 4.69) is 5.32 Å². The summed E-state index contributed by atoms with van der Waals surface area (Å²) < 4.78 is 10.4. The Labute approximate surface area is 98.3 Å². The first kappa shape index (κ1) is 15.7. The number of rotatable bonds is 8. The maximum Gasteiger partial charge on any atom is 0.348 e. The molecule has 4 N–H and O–H groups in total. The number of carboxylic acid groups (broad SMARTS) is 1. The Morgan fingerprint density at radius 2 is 2.19 bits per heavy atom. The third-order valence-electron chi connectivity index (χ3n) is 1.69. The van der Waals surface area contributed by atoms with E-state index in [1.807, 2.05) is 6.26 Å². The van der Waals surface area contributed by atoms with Crippen LogP contribution in [0.25, 0.3) is 0 Å². The third-order valence-corrected chi connectivity index (χ3v) is 2.93. The Hall–Kier alpha value is -0.330. The highest BCUT2D eigenvalue weighted by atomic mass is 32.2. The highest BCUT2D eigenvalue weighted by molar-refractivity contribution is 7.98. The SMILES string of the molecule is CSCC[C@H](NCC=CP(=O)(O)O)C(=O)O. The smallest absolute Gasteiger partial charge is 0.348 e. The molecule has 0 aromatic heterocycles. The largest absolute Gasteiger partial charge is 0.480 e. The average Bonchev–Trinajstić information content (AvgIpc) is 2.14.